The highest BCUT2D eigenvalue weighted by molar-refractivity contribution is 5.21. The summed E-state index contributed by atoms with van der Waals surface area (Å²) in [7, 11) is 1.64. The van der Waals surface area contributed by atoms with Gasteiger partial charge in [-0.25, -0.2) is 0 Å². The molecule has 13 heavy (non-hydrogen) atoms. The monoisotopic (exact) mass is 179 g/mol. The highest BCUT2D eigenvalue weighted by Crippen LogP contribution is 2.05. The Morgan fingerprint density at radius 3 is 2.46 bits per heavy atom. The molecular weight excluding hydrogens is 162 g/mol. The van der Waals surface area contributed by atoms with Crippen LogP contribution in [0.4, 0.5) is 0 Å². The summed E-state index contributed by atoms with van der Waals surface area (Å²) in [6.07, 6.45) is 0.994. The van der Waals surface area contributed by atoms with E-state index in [0.717, 1.165) is 6.42 Å². The van der Waals surface area contributed by atoms with Gasteiger partial charge in [0.2, 0.25) is 0 Å². The molecule has 0 bridgehead atoms. The second-order valence-electron chi connectivity index (χ2n) is 3.41. The maximum atomic E-state index is 4.85. The van der Waals surface area contributed by atoms with E-state index in [4.69, 9.17) is 4.84 Å². The zero-order chi connectivity index (χ0) is 9.68. The van der Waals surface area contributed by atoms with Gasteiger partial charge in [-0.2, -0.15) is 5.48 Å². The van der Waals surface area contributed by atoms with Crippen molar-refractivity contribution in [2.45, 2.75) is 26.3 Å². The summed E-state index contributed by atoms with van der Waals surface area (Å²) in [5.41, 5.74) is 5.55. The largest absolute Gasteiger partial charge is 0.305 e. The van der Waals surface area contributed by atoms with Crippen molar-refractivity contribution >= 4 is 0 Å². The number of aryl methyl sites for hydroxylation is 1. The van der Waals surface area contributed by atoms with E-state index in [9.17, 15) is 0 Å². The number of nitrogens with one attached hydrogen (secondary N) is 1. The van der Waals surface area contributed by atoms with Crippen LogP contribution in [-0.4, -0.2) is 13.2 Å². The highest BCUT2D eigenvalue weighted by Gasteiger charge is 2.01. The molecule has 0 aromatic heterocycles. The van der Waals surface area contributed by atoms with Gasteiger partial charge >= 0.3 is 0 Å². The average Bonchev–Trinajstić information content (AvgIpc) is 2.09. The molecular formula is C11H17NO. The SMILES string of the molecule is CON[C@@H](C)Cc1ccc(C)cc1. The maximum Gasteiger partial charge on any atom is 0.0572 e. The van der Waals surface area contributed by atoms with Crippen LogP contribution in [0.2, 0.25) is 0 Å². The molecule has 2 nitrogen and oxygen atoms in total. The lowest BCUT2D eigenvalue weighted by molar-refractivity contribution is 0.0661. The van der Waals surface area contributed by atoms with E-state index in [1.54, 1.807) is 7.11 Å². The van der Waals surface area contributed by atoms with Gasteiger partial charge in [-0.1, -0.05) is 29.8 Å². The molecule has 0 aliphatic rings. The molecule has 0 radical (unpaired) electrons. The predicted molar refractivity (Wildman–Crippen MR) is 54.5 cm³/mol. The van der Waals surface area contributed by atoms with Gasteiger partial charge in [0.15, 0.2) is 0 Å². The minimum absolute atomic E-state index is 0.354. The van der Waals surface area contributed by atoms with Gasteiger partial charge in [0.05, 0.1) is 7.11 Å². The summed E-state index contributed by atoms with van der Waals surface area (Å²) >= 11 is 0. The predicted octanol–water partition coefficient (Wildman–Crippen LogP) is 2.08. The van der Waals surface area contributed by atoms with Crippen LogP contribution in [-0.2, 0) is 11.3 Å². The molecule has 0 aliphatic heterocycles. The first-order chi connectivity index (χ1) is 6.22. The Balaban J connectivity index is 2.49. The lowest BCUT2D eigenvalue weighted by Gasteiger charge is -2.11. The van der Waals surface area contributed by atoms with Crippen molar-refractivity contribution in [1.82, 2.24) is 5.48 Å². The third-order valence-corrected chi connectivity index (χ3v) is 1.98. The number of rotatable bonds is 4. The Morgan fingerprint density at radius 1 is 1.31 bits per heavy atom. The third kappa shape index (κ3) is 3.57. The van der Waals surface area contributed by atoms with Crippen LogP contribution in [0.5, 0.6) is 0 Å². The molecule has 1 aromatic carbocycles. The Bertz CT molecular complexity index is 243. The fraction of sp³-hybridized carbons (Fsp3) is 0.455. The van der Waals surface area contributed by atoms with Gasteiger partial charge in [0.1, 0.15) is 0 Å². The molecule has 0 saturated carbocycles. The smallest absolute Gasteiger partial charge is 0.0572 e. The second-order valence-corrected chi connectivity index (χ2v) is 3.41. The third-order valence-electron chi connectivity index (χ3n) is 1.98. The summed E-state index contributed by atoms with van der Waals surface area (Å²) in [6, 6.07) is 8.93. The van der Waals surface area contributed by atoms with E-state index < -0.39 is 0 Å². The van der Waals surface area contributed by atoms with Gasteiger partial charge in [-0.15, -0.1) is 0 Å². The second kappa shape index (κ2) is 5.00. The first kappa shape index (κ1) is 10.2. The molecule has 0 fully saturated rings. The summed E-state index contributed by atoms with van der Waals surface area (Å²) in [5.74, 6) is 0. The van der Waals surface area contributed by atoms with Crippen LogP contribution in [0.1, 0.15) is 18.1 Å². The van der Waals surface area contributed by atoms with E-state index in [1.807, 2.05) is 0 Å². The van der Waals surface area contributed by atoms with Crippen LogP contribution in [0, 0.1) is 6.92 Å². The fourth-order valence-electron chi connectivity index (χ4n) is 1.32. The lowest BCUT2D eigenvalue weighted by atomic mass is 10.1. The first-order valence-corrected chi connectivity index (χ1v) is 4.56. The quantitative estimate of drug-likeness (QED) is 0.714. The highest BCUT2D eigenvalue weighted by atomic mass is 16.6. The van der Waals surface area contributed by atoms with Gasteiger partial charge in [-0.3, -0.25) is 0 Å². The molecule has 1 rings (SSSR count). The first-order valence-electron chi connectivity index (χ1n) is 4.56. The molecule has 72 valence electrons. The van der Waals surface area contributed by atoms with Crippen LogP contribution in [0.25, 0.3) is 0 Å². The van der Waals surface area contributed by atoms with E-state index >= 15 is 0 Å². The van der Waals surface area contributed by atoms with Gasteiger partial charge < -0.3 is 4.84 Å². The van der Waals surface area contributed by atoms with Crippen molar-refractivity contribution in [3.63, 3.8) is 0 Å². The van der Waals surface area contributed by atoms with Crippen LogP contribution < -0.4 is 5.48 Å². The van der Waals surface area contributed by atoms with Gasteiger partial charge in [-0.05, 0) is 25.8 Å². The van der Waals surface area contributed by atoms with E-state index in [1.165, 1.54) is 11.1 Å². The average molecular weight is 179 g/mol. The van der Waals surface area contributed by atoms with E-state index in [2.05, 4.69) is 43.6 Å². The molecule has 0 heterocycles. The molecule has 0 amide bonds. The summed E-state index contributed by atoms with van der Waals surface area (Å²) < 4.78 is 0. The number of hydroxylamine groups is 1. The Kier molecular flexibility index (Phi) is 3.93. The van der Waals surface area contributed by atoms with Gasteiger partial charge in [0.25, 0.3) is 0 Å². The zero-order valence-electron chi connectivity index (χ0n) is 8.50. The summed E-state index contributed by atoms with van der Waals surface area (Å²) in [6.45, 7) is 4.20. The Labute approximate surface area is 79.9 Å². The Hall–Kier alpha value is -0.860. The number of hydrogen-bond acceptors (Lipinski definition) is 2. The maximum absolute atomic E-state index is 4.85. The molecule has 2 heteroatoms. The molecule has 0 aliphatic carbocycles. The van der Waals surface area contributed by atoms with E-state index in [-0.39, 0.29) is 0 Å². The lowest BCUT2D eigenvalue weighted by Crippen LogP contribution is -2.26. The number of benzene rings is 1. The molecule has 1 N–H and O–H groups in total. The van der Waals surface area contributed by atoms with Crippen LogP contribution >= 0.6 is 0 Å². The van der Waals surface area contributed by atoms with Crippen molar-refractivity contribution < 1.29 is 4.84 Å². The van der Waals surface area contributed by atoms with E-state index in [0.29, 0.717) is 6.04 Å². The molecule has 1 atom stereocenters. The molecule has 0 unspecified atom stereocenters. The Morgan fingerprint density at radius 2 is 1.92 bits per heavy atom. The van der Waals surface area contributed by atoms with Crippen molar-refractivity contribution in [3.05, 3.63) is 35.4 Å². The van der Waals surface area contributed by atoms with Gasteiger partial charge in [0, 0.05) is 6.04 Å². The minimum atomic E-state index is 0.354. The van der Waals surface area contributed by atoms with Crippen LogP contribution in [0.15, 0.2) is 24.3 Å². The van der Waals surface area contributed by atoms with Crippen molar-refractivity contribution in [1.29, 1.82) is 0 Å². The molecule has 0 saturated heterocycles. The summed E-state index contributed by atoms with van der Waals surface area (Å²) in [5, 5.41) is 0. The summed E-state index contributed by atoms with van der Waals surface area (Å²) in [4.78, 5) is 4.85. The van der Waals surface area contributed by atoms with Crippen molar-refractivity contribution in [3.8, 4) is 0 Å². The van der Waals surface area contributed by atoms with Crippen LogP contribution in [0.3, 0.4) is 0 Å². The molecule has 0 spiro atoms. The topological polar surface area (TPSA) is 21.3 Å². The van der Waals surface area contributed by atoms with Crippen molar-refractivity contribution in [2.24, 2.45) is 0 Å². The minimum Gasteiger partial charge on any atom is -0.305 e. The normalized spacial score (nSPS) is 12.8. The zero-order valence-corrected chi connectivity index (χ0v) is 8.50. The molecule has 1 aromatic rings. The van der Waals surface area contributed by atoms with Crippen molar-refractivity contribution in [2.75, 3.05) is 7.11 Å². The number of hydrogen-bond donors (Lipinski definition) is 1. The fourth-order valence-corrected chi connectivity index (χ4v) is 1.32. The standard InChI is InChI=1S/C11H17NO/c1-9-4-6-11(7-5-9)8-10(2)12-13-3/h4-7,10,12H,8H2,1-3H3/t10-/m0/s1.